The number of aliphatic hydroxyl groups is 1. The van der Waals surface area contributed by atoms with Crippen LogP contribution in [0.25, 0.3) is 0 Å². The Bertz CT molecular complexity index is 573. The molecule has 2 rings (SSSR count). The van der Waals surface area contributed by atoms with Crippen molar-refractivity contribution >= 4 is 15.7 Å². The average molecular weight is 302 g/mol. The second-order valence-electron chi connectivity index (χ2n) is 4.97. The fourth-order valence-electron chi connectivity index (χ4n) is 2.25. The molecule has 5 nitrogen and oxygen atoms in total. The summed E-state index contributed by atoms with van der Waals surface area (Å²) in [6.07, 6.45) is 2.87. The van der Waals surface area contributed by atoms with Gasteiger partial charge in [0, 0.05) is 24.9 Å². The highest BCUT2D eigenvalue weighted by Gasteiger charge is 2.35. The number of nitrogens with two attached hydrogens (primary N) is 1. The van der Waals surface area contributed by atoms with Gasteiger partial charge in [-0.15, -0.1) is 0 Å². The molecule has 0 aliphatic heterocycles. The molecule has 0 saturated heterocycles. The zero-order valence-electron chi connectivity index (χ0n) is 11.1. The molecule has 1 fully saturated rings. The van der Waals surface area contributed by atoms with Crippen LogP contribution in [-0.4, -0.2) is 37.0 Å². The quantitative estimate of drug-likeness (QED) is 0.777. The lowest BCUT2D eigenvalue weighted by molar-refractivity contribution is 0.198. The Morgan fingerprint density at radius 1 is 1.40 bits per heavy atom. The standard InChI is InChI=1S/C13H19FN2O3S/c14-12-9-10(15)5-6-13(12)20(18,19)16(7-2-8-17)11-3-1-4-11/h5-6,9,11,17H,1-4,7-8,15H2. The lowest BCUT2D eigenvalue weighted by Gasteiger charge is -2.36. The molecule has 3 N–H and O–H groups in total. The van der Waals surface area contributed by atoms with Gasteiger partial charge < -0.3 is 10.8 Å². The van der Waals surface area contributed by atoms with Crippen molar-refractivity contribution in [3.05, 3.63) is 24.0 Å². The largest absolute Gasteiger partial charge is 0.399 e. The van der Waals surface area contributed by atoms with E-state index in [0.29, 0.717) is 6.42 Å². The van der Waals surface area contributed by atoms with Crippen LogP contribution in [0, 0.1) is 5.82 Å². The highest BCUT2D eigenvalue weighted by molar-refractivity contribution is 7.89. The maximum atomic E-state index is 13.9. The molecule has 0 unspecified atom stereocenters. The summed E-state index contributed by atoms with van der Waals surface area (Å²) < 4.78 is 40.3. The molecule has 1 aliphatic rings. The number of anilines is 1. The van der Waals surface area contributed by atoms with E-state index in [-0.39, 0.29) is 29.8 Å². The molecule has 1 saturated carbocycles. The van der Waals surface area contributed by atoms with Crippen LogP contribution in [0.3, 0.4) is 0 Å². The molecule has 0 aromatic heterocycles. The molecule has 1 aromatic carbocycles. The van der Waals surface area contributed by atoms with Gasteiger partial charge >= 0.3 is 0 Å². The Kier molecular flexibility index (Phi) is 4.62. The van der Waals surface area contributed by atoms with E-state index in [1.807, 2.05) is 0 Å². The van der Waals surface area contributed by atoms with Gasteiger partial charge in [0.25, 0.3) is 0 Å². The Morgan fingerprint density at radius 3 is 2.60 bits per heavy atom. The first kappa shape index (κ1) is 15.2. The van der Waals surface area contributed by atoms with Crippen LogP contribution >= 0.6 is 0 Å². The topological polar surface area (TPSA) is 83.6 Å². The van der Waals surface area contributed by atoms with E-state index in [0.717, 1.165) is 25.3 Å². The molecular formula is C13H19FN2O3S. The van der Waals surface area contributed by atoms with Crippen molar-refractivity contribution < 1.29 is 17.9 Å². The second kappa shape index (κ2) is 6.07. The number of rotatable bonds is 6. The average Bonchev–Trinajstić information content (AvgIpc) is 2.31. The summed E-state index contributed by atoms with van der Waals surface area (Å²) in [4.78, 5) is -0.350. The third kappa shape index (κ3) is 2.94. The number of hydrogen-bond donors (Lipinski definition) is 2. The molecule has 0 atom stereocenters. The maximum Gasteiger partial charge on any atom is 0.246 e. The Morgan fingerprint density at radius 2 is 2.10 bits per heavy atom. The van der Waals surface area contributed by atoms with Crippen molar-refractivity contribution in [3.63, 3.8) is 0 Å². The van der Waals surface area contributed by atoms with Crippen LogP contribution in [0.2, 0.25) is 0 Å². The lowest BCUT2D eigenvalue weighted by Crippen LogP contribution is -2.45. The number of nitrogen functional groups attached to an aromatic ring is 1. The van der Waals surface area contributed by atoms with Gasteiger partial charge in [-0.05, 0) is 37.5 Å². The van der Waals surface area contributed by atoms with Gasteiger partial charge in [0.1, 0.15) is 10.7 Å². The van der Waals surface area contributed by atoms with E-state index in [4.69, 9.17) is 10.8 Å². The van der Waals surface area contributed by atoms with Crippen LogP contribution in [0.5, 0.6) is 0 Å². The molecular weight excluding hydrogens is 283 g/mol. The fourth-order valence-corrected chi connectivity index (χ4v) is 4.02. The SMILES string of the molecule is Nc1ccc(S(=O)(=O)N(CCCO)C2CCC2)c(F)c1. The minimum Gasteiger partial charge on any atom is -0.399 e. The minimum absolute atomic E-state index is 0.0940. The monoisotopic (exact) mass is 302 g/mol. The number of aliphatic hydroxyl groups excluding tert-OH is 1. The van der Waals surface area contributed by atoms with Crippen LogP contribution in [0.15, 0.2) is 23.1 Å². The number of halogens is 1. The van der Waals surface area contributed by atoms with E-state index < -0.39 is 15.8 Å². The third-order valence-corrected chi connectivity index (χ3v) is 5.55. The Labute approximate surface area is 118 Å². The summed E-state index contributed by atoms with van der Waals surface area (Å²) in [5.41, 5.74) is 5.63. The molecule has 1 aromatic rings. The van der Waals surface area contributed by atoms with Gasteiger partial charge in [-0.25, -0.2) is 12.8 Å². The zero-order chi connectivity index (χ0) is 14.8. The predicted octanol–water partition coefficient (Wildman–Crippen LogP) is 1.33. The van der Waals surface area contributed by atoms with Gasteiger partial charge in [0.2, 0.25) is 10.0 Å². The van der Waals surface area contributed by atoms with Crippen LogP contribution in [0.4, 0.5) is 10.1 Å². The number of benzene rings is 1. The summed E-state index contributed by atoms with van der Waals surface area (Å²) in [6.45, 7) is 0.107. The first-order chi connectivity index (χ1) is 9.46. The van der Waals surface area contributed by atoms with Crippen LogP contribution in [-0.2, 0) is 10.0 Å². The Hall–Kier alpha value is -1.18. The lowest BCUT2D eigenvalue weighted by atomic mass is 9.93. The smallest absolute Gasteiger partial charge is 0.246 e. The van der Waals surface area contributed by atoms with Crippen molar-refractivity contribution in [2.24, 2.45) is 0 Å². The van der Waals surface area contributed by atoms with Gasteiger partial charge in [-0.1, -0.05) is 6.42 Å². The molecule has 0 spiro atoms. The van der Waals surface area contributed by atoms with Crippen molar-refractivity contribution in [1.29, 1.82) is 0 Å². The van der Waals surface area contributed by atoms with Crippen LogP contribution in [0.1, 0.15) is 25.7 Å². The summed E-state index contributed by atoms with van der Waals surface area (Å²) in [6, 6.07) is 3.49. The van der Waals surface area contributed by atoms with Gasteiger partial charge in [0.15, 0.2) is 0 Å². The van der Waals surface area contributed by atoms with E-state index in [1.54, 1.807) is 0 Å². The molecule has 0 heterocycles. The zero-order valence-corrected chi connectivity index (χ0v) is 11.9. The molecule has 20 heavy (non-hydrogen) atoms. The Balaban J connectivity index is 2.33. The number of nitrogens with zero attached hydrogens (tertiary/aromatic N) is 1. The first-order valence-corrected chi connectivity index (χ1v) is 8.08. The highest BCUT2D eigenvalue weighted by Crippen LogP contribution is 2.31. The van der Waals surface area contributed by atoms with Crippen molar-refractivity contribution in [2.75, 3.05) is 18.9 Å². The van der Waals surface area contributed by atoms with Crippen molar-refractivity contribution in [2.45, 2.75) is 36.6 Å². The molecule has 0 radical (unpaired) electrons. The number of sulfonamides is 1. The molecule has 1 aliphatic carbocycles. The van der Waals surface area contributed by atoms with E-state index >= 15 is 0 Å². The van der Waals surface area contributed by atoms with E-state index in [1.165, 1.54) is 16.4 Å². The molecule has 112 valence electrons. The van der Waals surface area contributed by atoms with Gasteiger partial charge in [0.05, 0.1) is 0 Å². The van der Waals surface area contributed by atoms with Crippen LogP contribution < -0.4 is 5.73 Å². The van der Waals surface area contributed by atoms with Gasteiger partial charge in [-0.2, -0.15) is 4.31 Å². The second-order valence-corrected chi connectivity index (χ2v) is 6.83. The summed E-state index contributed by atoms with van der Waals surface area (Å²) >= 11 is 0. The molecule has 7 heteroatoms. The van der Waals surface area contributed by atoms with Crippen molar-refractivity contribution in [3.8, 4) is 0 Å². The summed E-state index contributed by atoms with van der Waals surface area (Å²) in [7, 11) is -3.89. The highest BCUT2D eigenvalue weighted by atomic mass is 32.2. The predicted molar refractivity (Wildman–Crippen MR) is 74.0 cm³/mol. The van der Waals surface area contributed by atoms with E-state index in [2.05, 4.69) is 0 Å². The minimum atomic E-state index is -3.89. The van der Waals surface area contributed by atoms with E-state index in [9.17, 15) is 12.8 Å². The van der Waals surface area contributed by atoms with Crippen molar-refractivity contribution in [1.82, 2.24) is 4.31 Å². The fraction of sp³-hybridized carbons (Fsp3) is 0.538. The summed E-state index contributed by atoms with van der Waals surface area (Å²) in [5, 5.41) is 8.90. The number of hydrogen-bond acceptors (Lipinski definition) is 4. The summed E-state index contributed by atoms with van der Waals surface area (Å²) in [5.74, 6) is -0.835. The van der Waals surface area contributed by atoms with Gasteiger partial charge in [-0.3, -0.25) is 0 Å². The maximum absolute atomic E-state index is 13.9. The molecule has 0 bridgehead atoms. The molecule has 0 amide bonds. The first-order valence-electron chi connectivity index (χ1n) is 6.64. The third-order valence-electron chi connectivity index (χ3n) is 3.56. The normalized spacial score (nSPS) is 16.4.